The van der Waals surface area contributed by atoms with E-state index in [9.17, 15) is 0 Å². The van der Waals surface area contributed by atoms with Gasteiger partial charge in [-0.05, 0) is 68.8 Å². The number of benzene rings is 1. The summed E-state index contributed by atoms with van der Waals surface area (Å²) in [6.45, 7) is 5.29. The highest BCUT2D eigenvalue weighted by Gasteiger charge is 2.16. The zero-order chi connectivity index (χ0) is 14.9. The first-order valence-electron chi connectivity index (χ1n) is 8.34. The van der Waals surface area contributed by atoms with Crippen LogP contribution in [0.2, 0.25) is 5.02 Å². The highest BCUT2D eigenvalue weighted by Crippen LogP contribution is 2.21. The van der Waals surface area contributed by atoms with Gasteiger partial charge in [0.15, 0.2) is 0 Å². The van der Waals surface area contributed by atoms with Crippen molar-refractivity contribution in [1.29, 1.82) is 0 Å². The molecule has 1 aromatic carbocycles. The summed E-state index contributed by atoms with van der Waals surface area (Å²) in [7, 11) is 0. The Kier molecular flexibility index (Phi) is 7.56. The Morgan fingerprint density at radius 2 is 2.14 bits per heavy atom. The Labute approximate surface area is 134 Å². The zero-order valence-corrected chi connectivity index (χ0v) is 13.9. The van der Waals surface area contributed by atoms with Crippen molar-refractivity contribution in [3.8, 4) is 0 Å². The standard InChI is InChI=1S/C18H28ClNO/c1-2-20-14-16(5-3-6-18-7-4-12-21-18)13-15-8-10-17(19)11-9-15/h8-11,16,18,20H,2-7,12-14H2,1H3. The Bertz CT molecular complexity index is 387. The molecule has 118 valence electrons. The largest absolute Gasteiger partial charge is 0.378 e. The van der Waals surface area contributed by atoms with E-state index < -0.39 is 0 Å². The third-order valence-electron chi connectivity index (χ3n) is 4.28. The fraction of sp³-hybridized carbons (Fsp3) is 0.667. The van der Waals surface area contributed by atoms with E-state index in [1.165, 1.54) is 37.7 Å². The third-order valence-corrected chi connectivity index (χ3v) is 4.54. The van der Waals surface area contributed by atoms with E-state index in [2.05, 4.69) is 24.4 Å². The molecular formula is C18H28ClNO. The van der Waals surface area contributed by atoms with E-state index in [0.717, 1.165) is 31.1 Å². The lowest BCUT2D eigenvalue weighted by atomic mass is 9.93. The van der Waals surface area contributed by atoms with Crippen molar-refractivity contribution in [2.75, 3.05) is 19.7 Å². The second kappa shape index (κ2) is 9.45. The molecule has 0 amide bonds. The molecule has 21 heavy (non-hydrogen) atoms. The number of nitrogens with one attached hydrogen (secondary N) is 1. The predicted molar refractivity (Wildman–Crippen MR) is 90.0 cm³/mol. The molecule has 1 aliphatic heterocycles. The summed E-state index contributed by atoms with van der Waals surface area (Å²) in [6, 6.07) is 8.30. The average Bonchev–Trinajstić information content (AvgIpc) is 3.00. The van der Waals surface area contributed by atoms with Gasteiger partial charge < -0.3 is 10.1 Å². The van der Waals surface area contributed by atoms with E-state index in [1.807, 2.05) is 12.1 Å². The van der Waals surface area contributed by atoms with E-state index in [0.29, 0.717) is 12.0 Å². The second-order valence-corrected chi connectivity index (χ2v) is 6.51. The minimum atomic E-state index is 0.528. The molecule has 0 bridgehead atoms. The van der Waals surface area contributed by atoms with Crippen LogP contribution >= 0.6 is 11.6 Å². The molecule has 1 aromatic rings. The van der Waals surface area contributed by atoms with Crippen molar-refractivity contribution in [3.63, 3.8) is 0 Å². The Morgan fingerprint density at radius 3 is 2.81 bits per heavy atom. The minimum Gasteiger partial charge on any atom is -0.378 e. The maximum absolute atomic E-state index is 5.96. The van der Waals surface area contributed by atoms with Gasteiger partial charge in [0.2, 0.25) is 0 Å². The van der Waals surface area contributed by atoms with Crippen LogP contribution in [-0.2, 0) is 11.2 Å². The highest BCUT2D eigenvalue weighted by molar-refractivity contribution is 6.30. The van der Waals surface area contributed by atoms with Gasteiger partial charge in [-0.3, -0.25) is 0 Å². The molecule has 1 N–H and O–H groups in total. The molecule has 1 heterocycles. The molecule has 0 aromatic heterocycles. The van der Waals surface area contributed by atoms with Gasteiger partial charge in [-0.2, -0.15) is 0 Å². The summed E-state index contributed by atoms with van der Waals surface area (Å²) < 4.78 is 5.72. The molecule has 3 heteroatoms. The normalized spacial score (nSPS) is 19.8. The maximum Gasteiger partial charge on any atom is 0.0576 e. The molecule has 0 spiro atoms. The van der Waals surface area contributed by atoms with Crippen molar-refractivity contribution >= 4 is 11.6 Å². The van der Waals surface area contributed by atoms with Gasteiger partial charge in [-0.1, -0.05) is 37.1 Å². The van der Waals surface area contributed by atoms with Crippen LogP contribution in [0.25, 0.3) is 0 Å². The summed E-state index contributed by atoms with van der Waals surface area (Å²) in [5.41, 5.74) is 1.39. The minimum absolute atomic E-state index is 0.528. The fourth-order valence-corrected chi connectivity index (χ4v) is 3.21. The van der Waals surface area contributed by atoms with Gasteiger partial charge in [-0.25, -0.2) is 0 Å². The van der Waals surface area contributed by atoms with Crippen molar-refractivity contribution in [2.45, 2.75) is 51.6 Å². The van der Waals surface area contributed by atoms with Crippen molar-refractivity contribution < 1.29 is 4.74 Å². The van der Waals surface area contributed by atoms with Crippen LogP contribution in [0.4, 0.5) is 0 Å². The predicted octanol–water partition coefficient (Wildman–Crippen LogP) is 4.46. The first-order chi connectivity index (χ1) is 10.3. The lowest BCUT2D eigenvalue weighted by molar-refractivity contribution is 0.101. The summed E-state index contributed by atoms with van der Waals surface area (Å²) in [4.78, 5) is 0. The third kappa shape index (κ3) is 6.37. The van der Waals surface area contributed by atoms with Crippen molar-refractivity contribution in [3.05, 3.63) is 34.9 Å². The lowest BCUT2D eigenvalue weighted by Gasteiger charge is -2.18. The summed E-state index contributed by atoms with van der Waals surface area (Å²) >= 11 is 5.96. The second-order valence-electron chi connectivity index (χ2n) is 6.07. The van der Waals surface area contributed by atoms with Crippen LogP contribution in [-0.4, -0.2) is 25.8 Å². The Balaban J connectivity index is 1.77. The topological polar surface area (TPSA) is 21.3 Å². The molecule has 2 atom stereocenters. The van der Waals surface area contributed by atoms with E-state index in [-0.39, 0.29) is 0 Å². The van der Waals surface area contributed by atoms with E-state index >= 15 is 0 Å². The van der Waals surface area contributed by atoms with Crippen molar-refractivity contribution in [2.24, 2.45) is 5.92 Å². The summed E-state index contributed by atoms with van der Waals surface area (Å²) in [5.74, 6) is 0.701. The number of ether oxygens (including phenoxy) is 1. The lowest BCUT2D eigenvalue weighted by Crippen LogP contribution is -2.24. The van der Waals surface area contributed by atoms with Crippen LogP contribution in [0, 0.1) is 5.92 Å². The van der Waals surface area contributed by atoms with Crippen LogP contribution < -0.4 is 5.32 Å². The summed E-state index contributed by atoms with van der Waals surface area (Å²) in [5, 5.41) is 4.32. The molecule has 1 saturated heterocycles. The van der Waals surface area contributed by atoms with Gasteiger partial charge in [0.25, 0.3) is 0 Å². The van der Waals surface area contributed by atoms with Gasteiger partial charge in [-0.15, -0.1) is 0 Å². The smallest absolute Gasteiger partial charge is 0.0576 e. The van der Waals surface area contributed by atoms with Gasteiger partial charge >= 0.3 is 0 Å². The average molecular weight is 310 g/mol. The van der Waals surface area contributed by atoms with Crippen LogP contribution in [0.1, 0.15) is 44.6 Å². The van der Waals surface area contributed by atoms with Gasteiger partial charge in [0, 0.05) is 11.6 Å². The van der Waals surface area contributed by atoms with Gasteiger partial charge in [0.05, 0.1) is 6.10 Å². The van der Waals surface area contributed by atoms with Crippen LogP contribution in [0.15, 0.2) is 24.3 Å². The molecule has 2 rings (SSSR count). The molecule has 0 saturated carbocycles. The molecule has 2 nitrogen and oxygen atoms in total. The SMILES string of the molecule is CCNCC(CCCC1CCCO1)Cc1ccc(Cl)cc1. The fourth-order valence-electron chi connectivity index (χ4n) is 3.08. The number of halogens is 1. The molecule has 1 aliphatic rings. The quantitative estimate of drug-likeness (QED) is 0.727. The summed E-state index contributed by atoms with van der Waals surface area (Å²) in [6.07, 6.45) is 7.94. The first kappa shape index (κ1) is 16.8. The zero-order valence-electron chi connectivity index (χ0n) is 13.1. The van der Waals surface area contributed by atoms with Gasteiger partial charge in [0.1, 0.15) is 0 Å². The van der Waals surface area contributed by atoms with E-state index in [1.54, 1.807) is 0 Å². The first-order valence-corrected chi connectivity index (χ1v) is 8.72. The molecular weight excluding hydrogens is 282 g/mol. The molecule has 1 fully saturated rings. The highest BCUT2D eigenvalue weighted by atomic mass is 35.5. The number of hydrogen-bond donors (Lipinski definition) is 1. The Hall–Kier alpha value is -0.570. The monoisotopic (exact) mass is 309 g/mol. The van der Waals surface area contributed by atoms with Crippen LogP contribution in [0.3, 0.4) is 0 Å². The molecule has 0 aliphatic carbocycles. The number of rotatable bonds is 9. The van der Waals surface area contributed by atoms with E-state index in [4.69, 9.17) is 16.3 Å². The number of hydrogen-bond acceptors (Lipinski definition) is 2. The molecule has 2 unspecified atom stereocenters. The van der Waals surface area contributed by atoms with Crippen LogP contribution in [0.5, 0.6) is 0 Å². The molecule has 0 radical (unpaired) electrons. The maximum atomic E-state index is 5.96. The van der Waals surface area contributed by atoms with Crippen molar-refractivity contribution in [1.82, 2.24) is 5.32 Å². The Morgan fingerprint density at radius 1 is 1.33 bits per heavy atom.